The predicted molar refractivity (Wildman–Crippen MR) is 145 cm³/mol. The van der Waals surface area contributed by atoms with Crippen molar-refractivity contribution in [1.29, 1.82) is 0 Å². The Hall–Kier alpha value is -3.37. The van der Waals surface area contributed by atoms with E-state index in [2.05, 4.69) is 29.1 Å². The largest absolute Gasteiger partial charge is 0.444 e. The topological polar surface area (TPSA) is 160 Å². The van der Waals surface area contributed by atoms with Crippen LogP contribution in [-0.4, -0.2) is 71.4 Å². The zero-order valence-electron chi connectivity index (χ0n) is 23.5. The fourth-order valence-corrected chi connectivity index (χ4v) is 4.31. The summed E-state index contributed by atoms with van der Waals surface area (Å²) < 4.78 is 5.27. The standard InChI is InChI=1S/C27H45N5O6/c1-9-11-18-14-17(23(34)29-18)15-20(22(28)33)30-24(35)21(13-16(3)4)32(8)25(36)19(12-10-2)31-26(37)38-27(5,6)7/h9-10,16-21H,1-2,11-15H2,3-8H3,(H2,28,33)(H,29,34)(H,30,35)(H,31,37)/t17-,18+,19-,20-,21-/m0/s1. The molecule has 1 rings (SSSR count). The molecule has 0 spiro atoms. The number of hydrogen-bond acceptors (Lipinski definition) is 6. The maximum absolute atomic E-state index is 13.4. The van der Waals surface area contributed by atoms with Crippen LogP contribution in [0.5, 0.6) is 0 Å². The second-order valence-electron chi connectivity index (χ2n) is 11.2. The highest BCUT2D eigenvalue weighted by Crippen LogP contribution is 2.23. The molecule has 0 unspecified atom stereocenters. The number of nitrogens with two attached hydrogens (primary N) is 1. The van der Waals surface area contributed by atoms with Gasteiger partial charge in [-0.1, -0.05) is 26.0 Å². The Balaban J connectivity index is 3.05. The highest BCUT2D eigenvalue weighted by molar-refractivity contribution is 5.94. The van der Waals surface area contributed by atoms with Gasteiger partial charge in [0.1, 0.15) is 23.7 Å². The lowest BCUT2D eigenvalue weighted by atomic mass is 9.94. The van der Waals surface area contributed by atoms with E-state index in [4.69, 9.17) is 10.5 Å². The molecule has 1 saturated heterocycles. The van der Waals surface area contributed by atoms with Gasteiger partial charge in [0.15, 0.2) is 0 Å². The van der Waals surface area contributed by atoms with Gasteiger partial charge >= 0.3 is 6.09 Å². The normalized spacial score (nSPS) is 19.5. The monoisotopic (exact) mass is 535 g/mol. The van der Waals surface area contributed by atoms with Crippen LogP contribution in [-0.2, 0) is 23.9 Å². The van der Waals surface area contributed by atoms with Crippen molar-refractivity contribution in [2.45, 2.75) is 96.5 Å². The molecule has 1 aliphatic rings. The highest BCUT2D eigenvalue weighted by atomic mass is 16.6. The van der Waals surface area contributed by atoms with Crippen LogP contribution in [0.4, 0.5) is 4.79 Å². The van der Waals surface area contributed by atoms with Crippen molar-refractivity contribution in [1.82, 2.24) is 20.9 Å². The summed E-state index contributed by atoms with van der Waals surface area (Å²) in [6, 6.07) is -3.14. The van der Waals surface area contributed by atoms with Crippen molar-refractivity contribution >= 4 is 29.7 Å². The third-order valence-electron chi connectivity index (χ3n) is 6.12. The quantitative estimate of drug-likeness (QED) is 0.248. The molecule has 38 heavy (non-hydrogen) atoms. The number of nitrogens with one attached hydrogen (secondary N) is 3. The summed E-state index contributed by atoms with van der Waals surface area (Å²) in [5, 5.41) is 8.06. The van der Waals surface area contributed by atoms with Gasteiger partial charge in [-0.2, -0.15) is 0 Å². The molecule has 214 valence electrons. The Morgan fingerprint density at radius 1 is 1.16 bits per heavy atom. The first kappa shape index (κ1) is 32.7. The fourth-order valence-electron chi connectivity index (χ4n) is 4.31. The molecular formula is C27H45N5O6. The molecule has 11 nitrogen and oxygen atoms in total. The number of carbonyl (C=O) groups is 5. The van der Waals surface area contributed by atoms with Crippen molar-refractivity contribution in [3.63, 3.8) is 0 Å². The molecule has 1 fully saturated rings. The summed E-state index contributed by atoms with van der Waals surface area (Å²) in [5.41, 5.74) is 4.82. The molecule has 5 N–H and O–H groups in total. The van der Waals surface area contributed by atoms with Crippen LogP contribution >= 0.6 is 0 Å². The molecule has 0 saturated carbocycles. The van der Waals surface area contributed by atoms with E-state index < -0.39 is 53.5 Å². The average molecular weight is 536 g/mol. The van der Waals surface area contributed by atoms with E-state index in [1.165, 1.54) is 18.0 Å². The summed E-state index contributed by atoms with van der Waals surface area (Å²) in [5.74, 6) is -2.54. The molecule has 1 aliphatic heterocycles. The number of ether oxygens (including phenoxy) is 1. The Labute approximate surface area is 226 Å². The molecule has 5 amide bonds. The number of carbonyl (C=O) groups excluding carboxylic acids is 5. The lowest BCUT2D eigenvalue weighted by Crippen LogP contribution is -2.57. The smallest absolute Gasteiger partial charge is 0.408 e. The van der Waals surface area contributed by atoms with Gasteiger partial charge in [-0.25, -0.2) is 4.79 Å². The Kier molecular flexibility index (Phi) is 12.5. The summed E-state index contributed by atoms with van der Waals surface area (Å²) >= 11 is 0. The summed E-state index contributed by atoms with van der Waals surface area (Å²) in [6.07, 6.45) is 3.98. The van der Waals surface area contributed by atoms with E-state index >= 15 is 0 Å². The minimum Gasteiger partial charge on any atom is -0.444 e. The number of alkyl carbamates (subject to hydrolysis) is 1. The number of hydrogen-bond donors (Lipinski definition) is 4. The van der Waals surface area contributed by atoms with Gasteiger partial charge in [0.25, 0.3) is 0 Å². The van der Waals surface area contributed by atoms with Crippen molar-refractivity contribution in [3.05, 3.63) is 25.3 Å². The van der Waals surface area contributed by atoms with Gasteiger partial charge < -0.3 is 31.3 Å². The van der Waals surface area contributed by atoms with E-state index in [1.54, 1.807) is 26.8 Å². The lowest BCUT2D eigenvalue weighted by Gasteiger charge is -2.33. The second kappa shape index (κ2) is 14.5. The van der Waals surface area contributed by atoms with Crippen molar-refractivity contribution in [3.8, 4) is 0 Å². The zero-order chi connectivity index (χ0) is 29.2. The third-order valence-corrected chi connectivity index (χ3v) is 6.12. The first-order valence-electron chi connectivity index (χ1n) is 13.0. The highest BCUT2D eigenvalue weighted by Gasteiger charge is 2.37. The van der Waals surface area contributed by atoms with Crippen molar-refractivity contribution in [2.75, 3.05) is 7.05 Å². The number of nitrogens with zero attached hydrogens (tertiary/aromatic N) is 1. The maximum Gasteiger partial charge on any atom is 0.408 e. The minimum absolute atomic E-state index is 0.0185. The van der Waals surface area contributed by atoms with Crippen LogP contribution in [0.25, 0.3) is 0 Å². The van der Waals surface area contributed by atoms with E-state index in [1.807, 2.05) is 13.8 Å². The van der Waals surface area contributed by atoms with Crippen molar-refractivity contribution < 1.29 is 28.7 Å². The van der Waals surface area contributed by atoms with E-state index in [9.17, 15) is 24.0 Å². The van der Waals surface area contributed by atoms with Gasteiger partial charge in [0.2, 0.25) is 23.6 Å². The van der Waals surface area contributed by atoms with Crippen LogP contribution in [0.15, 0.2) is 25.3 Å². The maximum atomic E-state index is 13.4. The van der Waals surface area contributed by atoms with Crippen molar-refractivity contribution in [2.24, 2.45) is 17.6 Å². The number of amides is 5. The summed E-state index contributed by atoms with van der Waals surface area (Å²) in [4.78, 5) is 64.9. The van der Waals surface area contributed by atoms with Crippen LogP contribution < -0.4 is 21.7 Å². The van der Waals surface area contributed by atoms with Gasteiger partial charge in [-0.15, -0.1) is 13.2 Å². The van der Waals surface area contributed by atoms with E-state index in [-0.39, 0.29) is 37.1 Å². The van der Waals surface area contributed by atoms with E-state index in [0.717, 1.165) is 0 Å². The Morgan fingerprint density at radius 2 is 1.79 bits per heavy atom. The molecule has 0 radical (unpaired) electrons. The molecule has 0 aliphatic carbocycles. The van der Waals surface area contributed by atoms with Gasteiger partial charge in [-0.05, 0) is 58.8 Å². The molecular weight excluding hydrogens is 490 g/mol. The van der Waals surface area contributed by atoms with E-state index in [0.29, 0.717) is 12.8 Å². The predicted octanol–water partition coefficient (Wildman–Crippen LogP) is 1.77. The summed E-state index contributed by atoms with van der Waals surface area (Å²) in [6.45, 7) is 16.2. The second-order valence-corrected chi connectivity index (χ2v) is 11.2. The number of rotatable bonds is 14. The third kappa shape index (κ3) is 10.5. The van der Waals surface area contributed by atoms with Crippen LogP contribution in [0.3, 0.4) is 0 Å². The van der Waals surface area contributed by atoms with Crippen LogP contribution in [0, 0.1) is 11.8 Å². The lowest BCUT2D eigenvalue weighted by molar-refractivity contribution is -0.142. The van der Waals surface area contributed by atoms with Gasteiger partial charge in [-0.3, -0.25) is 19.2 Å². The van der Waals surface area contributed by atoms with Gasteiger partial charge in [0, 0.05) is 19.0 Å². The molecule has 0 aromatic rings. The molecule has 0 bridgehead atoms. The Morgan fingerprint density at radius 3 is 2.29 bits per heavy atom. The fraction of sp³-hybridized carbons (Fsp3) is 0.667. The molecule has 11 heteroatoms. The Bertz CT molecular complexity index is 897. The number of likely N-dealkylation sites (N-methyl/N-ethyl adjacent to an activating group) is 1. The zero-order valence-corrected chi connectivity index (χ0v) is 23.5. The SMILES string of the molecule is C=CC[C@@H]1C[C@@H](C[C@H](NC(=O)[C@H](CC(C)C)N(C)C(=O)[C@H](CC=C)NC(=O)OC(C)(C)C)C(N)=O)C(=O)N1. The molecule has 0 aromatic heterocycles. The first-order valence-corrected chi connectivity index (χ1v) is 13.0. The molecule has 1 heterocycles. The van der Waals surface area contributed by atoms with Crippen LogP contribution in [0.1, 0.15) is 66.7 Å². The number of primary amides is 1. The summed E-state index contributed by atoms with van der Waals surface area (Å²) in [7, 11) is 1.46. The molecule has 0 aromatic carbocycles. The average Bonchev–Trinajstić information content (AvgIpc) is 3.13. The van der Waals surface area contributed by atoms with Crippen LogP contribution in [0.2, 0.25) is 0 Å². The van der Waals surface area contributed by atoms with Gasteiger partial charge in [0.05, 0.1) is 0 Å². The minimum atomic E-state index is -1.09. The first-order chi connectivity index (χ1) is 17.6. The molecule has 5 atom stereocenters.